The Bertz CT molecular complexity index is 433. The standard InChI is InChI=1S/C14H24N4OS/c1-3-20-12-6-4-5-11(9-12)17-14(19)16-10-13-15-7-8-18(13)2/h7-8,11-12H,3-6,9-10H2,1-2H3,(H2,16,17,19)/t11-,12-/m1/s1. The van der Waals surface area contributed by atoms with Crippen molar-refractivity contribution in [2.75, 3.05) is 5.75 Å². The number of hydrogen-bond donors (Lipinski definition) is 2. The zero-order valence-corrected chi connectivity index (χ0v) is 13.1. The molecule has 1 heterocycles. The van der Waals surface area contributed by atoms with Gasteiger partial charge in [-0.25, -0.2) is 9.78 Å². The maximum atomic E-state index is 11.9. The highest BCUT2D eigenvalue weighted by Gasteiger charge is 2.23. The van der Waals surface area contributed by atoms with Gasteiger partial charge in [-0.2, -0.15) is 11.8 Å². The minimum atomic E-state index is -0.0832. The van der Waals surface area contributed by atoms with E-state index in [1.54, 1.807) is 6.20 Å². The number of aromatic nitrogens is 2. The first-order valence-electron chi connectivity index (χ1n) is 7.31. The van der Waals surface area contributed by atoms with Crippen LogP contribution >= 0.6 is 11.8 Å². The molecule has 112 valence electrons. The van der Waals surface area contributed by atoms with E-state index in [0.717, 1.165) is 24.4 Å². The fourth-order valence-electron chi connectivity index (χ4n) is 2.63. The SMILES string of the molecule is CCS[C@@H]1CCC[C@@H](NC(=O)NCc2nccn2C)C1. The van der Waals surface area contributed by atoms with Gasteiger partial charge in [0.15, 0.2) is 0 Å². The van der Waals surface area contributed by atoms with Gasteiger partial charge in [0.1, 0.15) is 5.82 Å². The van der Waals surface area contributed by atoms with Crippen LogP contribution in [0, 0.1) is 0 Å². The van der Waals surface area contributed by atoms with Crippen molar-refractivity contribution in [1.82, 2.24) is 20.2 Å². The van der Waals surface area contributed by atoms with Gasteiger partial charge < -0.3 is 15.2 Å². The van der Waals surface area contributed by atoms with Gasteiger partial charge >= 0.3 is 6.03 Å². The monoisotopic (exact) mass is 296 g/mol. The average molecular weight is 296 g/mol. The molecule has 0 bridgehead atoms. The topological polar surface area (TPSA) is 59.0 Å². The number of aryl methyl sites for hydroxylation is 1. The first kappa shape index (κ1) is 15.2. The number of nitrogens with zero attached hydrogens (tertiary/aromatic N) is 2. The predicted octanol–water partition coefficient (Wildman–Crippen LogP) is 2.28. The Hall–Kier alpha value is -1.17. The summed E-state index contributed by atoms with van der Waals surface area (Å²) in [6, 6.07) is 0.231. The summed E-state index contributed by atoms with van der Waals surface area (Å²) in [5, 5.41) is 6.67. The molecule has 0 aliphatic heterocycles. The van der Waals surface area contributed by atoms with E-state index >= 15 is 0 Å². The maximum absolute atomic E-state index is 11.9. The van der Waals surface area contributed by atoms with Crippen molar-refractivity contribution in [3.8, 4) is 0 Å². The van der Waals surface area contributed by atoms with E-state index in [1.807, 2.05) is 29.6 Å². The second kappa shape index (κ2) is 7.57. The van der Waals surface area contributed by atoms with E-state index in [0.29, 0.717) is 17.8 Å². The molecule has 6 heteroatoms. The largest absolute Gasteiger partial charge is 0.337 e. The molecule has 1 aliphatic carbocycles. The summed E-state index contributed by atoms with van der Waals surface area (Å²) in [5.41, 5.74) is 0. The Morgan fingerprint density at radius 2 is 2.40 bits per heavy atom. The van der Waals surface area contributed by atoms with Crippen LogP contribution in [0.1, 0.15) is 38.4 Å². The van der Waals surface area contributed by atoms with Crippen LogP contribution in [0.15, 0.2) is 12.4 Å². The average Bonchev–Trinajstić information content (AvgIpc) is 2.83. The minimum absolute atomic E-state index is 0.0832. The molecule has 2 atom stereocenters. The van der Waals surface area contributed by atoms with Gasteiger partial charge in [0.05, 0.1) is 6.54 Å². The fraction of sp³-hybridized carbons (Fsp3) is 0.714. The predicted molar refractivity (Wildman–Crippen MR) is 82.8 cm³/mol. The summed E-state index contributed by atoms with van der Waals surface area (Å²) in [7, 11) is 1.93. The zero-order chi connectivity index (χ0) is 14.4. The number of urea groups is 1. The van der Waals surface area contributed by atoms with Gasteiger partial charge in [0, 0.05) is 30.7 Å². The summed E-state index contributed by atoms with van der Waals surface area (Å²) in [4.78, 5) is 16.1. The highest BCUT2D eigenvalue weighted by atomic mass is 32.2. The smallest absolute Gasteiger partial charge is 0.315 e. The lowest BCUT2D eigenvalue weighted by Crippen LogP contribution is -2.44. The number of rotatable bonds is 5. The van der Waals surface area contributed by atoms with Crippen molar-refractivity contribution in [3.05, 3.63) is 18.2 Å². The van der Waals surface area contributed by atoms with Crippen LogP contribution in [0.2, 0.25) is 0 Å². The lowest BCUT2D eigenvalue weighted by molar-refractivity contribution is 0.232. The first-order valence-corrected chi connectivity index (χ1v) is 8.36. The van der Waals surface area contributed by atoms with E-state index in [9.17, 15) is 4.79 Å². The van der Waals surface area contributed by atoms with Gasteiger partial charge in [-0.15, -0.1) is 0 Å². The highest BCUT2D eigenvalue weighted by Crippen LogP contribution is 2.28. The Labute approximate surface area is 124 Å². The van der Waals surface area contributed by atoms with Crippen LogP contribution in [-0.2, 0) is 13.6 Å². The molecule has 0 saturated heterocycles. The third-order valence-electron chi connectivity index (χ3n) is 3.69. The molecule has 0 spiro atoms. The molecular formula is C14H24N4OS. The molecule has 1 aliphatic rings. The van der Waals surface area contributed by atoms with Crippen molar-refractivity contribution < 1.29 is 4.79 Å². The lowest BCUT2D eigenvalue weighted by Gasteiger charge is -2.29. The quantitative estimate of drug-likeness (QED) is 0.876. The number of imidazole rings is 1. The molecule has 0 radical (unpaired) electrons. The van der Waals surface area contributed by atoms with Gasteiger partial charge in [-0.1, -0.05) is 13.3 Å². The van der Waals surface area contributed by atoms with Crippen molar-refractivity contribution >= 4 is 17.8 Å². The third kappa shape index (κ3) is 4.44. The van der Waals surface area contributed by atoms with Crippen LogP contribution in [0.3, 0.4) is 0 Å². The van der Waals surface area contributed by atoms with Gasteiger partial charge in [0.25, 0.3) is 0 Å². The van der Waals surface area contributed by atoms with E-state index in [1.165, 1.54) is 12.8 Å². The Balaban J connectivity index is 1.72. The van der Waals surface area contributed by atoms with Gasteiger partial charge in [-0.3, -0.25) is 0 Å². The summed E-state index contributed by atoms with van der Waals surface area (Å²) >= 11 is 2.01. The summed E-state index contributed by atoms with van der Waals surface area (Å²) in [6.45, 7) is 2.66. The first-order chi connectivity index (χ1) is 9.69. The molecule has 0 unspecified atom stereocenters. The van der Waals surface area contributed by atoms with Crippen LogP contribution in [0.4, 0.5) is 4.79 Å². The van der Waals surface area contributed by atoms with E-state index in [2.05, 4.69) is 22.5 Å². The van der Waals surface area contributed by atoms with Gasteiger partial charge in [0.2, 0.25) is 0 Å². The molecular weight excluding hydrogens is 272 g/mol. The van der Waals surface area contributed by atoms with E-state index < -0.39 is 0 Å². The number of amides is 2. The molecule has 1 aromatic heterocycles. The maximum Gasteiger partial charge on any atom is 0.315 e. The van der Waals surface area contributed by atoms with Crippen LogP contribution in [0.25, 0.3) is 0 Å². The molecule has 5 nitrogen and oxygen atoms in total. The lowest BCUT2D eigenvalue weighted by atomic mass is 9.95. The Morgan fingerprint density at radius 3 is 3.10 bits per heavy atom. The van der Waals surface area contributed by atoms with Crippen LogP contribution in [0.5, 0.6) is 0 Å². The molecule has 2 amide bonds. The van der Waals surface area contributed by atoms with Crippen LogP contribution < -0.4 is 10.6 Å². The fourth-order valence-corrected chi connectivity index (χ4v) is 3.80. The number of hydrogen-bond acceptors (Lipinski definition) is 3. The Kier molecular flexibility index (Phi) is 5.76. The van der Waals surface area contributed by atoms with Gasteiger partial charge in [-0.05, 0) is 25.0 Å². The third-order valence-corrected chi connectivity index (χ3v) is 4.92. The Morgan fingerprint density at radius 1 is 1.55 bits per heavy atom. The number of carbonyl (C=O) groups excluding carboxylic acids is 1. The number of carbonyl (C=O) groups is 1. The summed E-state index contributed by atoms with van der Waals surface area (Å²) in [5.74, 6) is 2.02. The number of thioether (sulfide) groups is 1. The second-order valence-electron chi connectivity index (χ2n) is 5.22. The second-order valence-corrected chi connectivity index (χ2v) is 6.80. The van der Waals surface area contributed by atoms with Crippen molar-refractivity contribution in [2.24, 2.45) is 7.05 Å². The van der Waals surface area contributed by atoms with Crippen molar-refractivity contribution in [1.29, 1.82) is 0 Å². The zero-order valence-electron chi connectivity index (χ0n) is 12.3. The highest BCUT2D eigenvalue weighted by molar-refractivity contribution is 7.99. The molecule has 1 fully saturated rings. The number of nitrogens with one attached hydrogen (secondary N) is 2. The molecule has 2 rings (SSSR count). The normalized spacial score (nSPS) is 22.5. The van der Waals surface area contributed by atoms with E-state index in [4.69, 9.17) is 0 Å². The molecule has 0 aromatic carbocycles. The van der Waals surface area contributed by atoms with Crippen molar-refractivity contribution in [2.45, 2.75) is 50.4 Å². The molecule has 1 aromatic rings. The summed E-state index contributed by atoms with van der Waals surface area (Å²) < 4.78 is 1.91. The minimum Gasteiger partial charge on any atom is -0.337 e. The van der Waals surface area contributed by atoms with Crippen molar-refractivity contribution in [3.63, 3.8) is 0 Å². The molecule has 20 heavy (non-hydrogen) atoms. The summed E-state index contributed by atoms with van der Waals surface area (Å²) in [6.07, 6.45) is 8.30. The molecule has 2 N–H and O–H groups in total. The van der Waals surface area contributed by atoms with Crippen LogP contribution in [-0.4, -0.2) is 32.6 Å². The van der Waals surface area contributed by atoms with E-state index in [-0.39, 0.29) is 6.03 Å². The molecule has 1 saturated carbocycles.